The quantitative estimate of drug-likeness (QED) is 0.405. The lowest BCUT2D eigenvalue weighted by Crippen LogP contribution is -2.29. The number of benzene rings is 1. The van der Waals surface area contributed by atoms with Crippen molar-refractivity contribution < 1.29 is 26.5 Å². The topological polar surface area (TPSA) is 93.9 Å². The minimum Gasteiger partial charge on any atom is -0.467 e. The third-order valence-corrected chi connectivity index (χ3v) is 6.22. The van der Waals surface area contributed by atoms with Crippen molar-refractivity contribution in [2.45, 2.75) is 23.1 Å². The van der Waals surface area contributed by atoms with E-state index in [0.29, 0.717) is 16.5 Å². The maximum absolute atomic E-state index is 13.1. The third kappa shape index (κ3) is 4.19. The number of halogens is 1. The van der Waals surface area contributed by atoms with Crippen molar-refractivity contribution in [3.63, 3.8) is 0 Å². The summed E-state index contributed by atoms with van der Waals surface area (Å²) in [5, 5.41) is 0.0832. The molecular weight excluding hydrogens is 430 g/mol. The lowest BCUT2D eigenvalue weighted by molar-refractivity contribution is 0.0666. The summed E-state index contributed by atoms with van der Waals surface area (Å²) in [6.07, 6.45) is 3.02. The molecule has 30 heavy (non-hydrogen) atoms. The van der Waals surface area contributed by atoms with Gasteiger partial charge >= 0.3 is 0 Å². The van der Waals surface area contributed by atoms with Crippen molar-refractivity contribution in [3.8, 4) is 0 Å². The molecule has 0 spiro atoms. The lowest BCUT2D eigenvalue weighted by atomic mass is 10.3. The molecule has 1 aromatic carbocycles. The van der Waals surface area contributed by atoms with Crippen LogP contribution in [-0.4, -0.2) is 19.2 Å². The second-order valence-electron chi connectivity index (χ2n) is 6.40. The number of hydrogen-bond acceptors (Lipinski definition) is 6. The monoisotopic (exact) mass is 445 g/mol. The molecule has 154 valence electrons. The van der Waals surface area contributed by atoms with Crippen LogP contribution in [0.2, 0.25) is 5.02 Å². The van der Waals surface area contributed by atoms with Gasteiger partial charge < -0.3 is 18.2 Å². The van der Waals surface area contributed by atoms with Crippen molar-refractivity contribution in [1.29, 1.82) is 0 Å². The first-order valence-corrected chi connectivity index (χ1v) is 10.7. The van der Waals surface area contributed by atoms with E-state index in [2.05, 4.69) is 0 Å². The number of sulfone groups is 1. The minimum absolute atomic E-state index is 0.0169. The van der Waals surface area contributed by atoms with Crippen LogP contribution in [0, 0.1) is 0 Å². The van der Waals surface area contributed by atoms with Gasteiger partial charge in [-0.1, -0.05) is 11.6 Å². The Bertz CT molecular complexity index is 1190. The van der Waals surface area contributed by atoms with Crippen molar-refractivity contribution in [2.75, 3.05) is 0 Å². The van der Waals surface area contributed by atoms with E-state index in [-0.39, 0.29) is 28.8 Å². The van der Waals surface area contributed by atoms with Crippen LogP contribution in [0.4, 0.5) is 0 Å². The van der Waals surface area contributed by atoms with E-state index < -0.39 is 15.7 Å². The van der Waals surface area contributed by atoms with E-state index in [1.165, 1.54) is 53.8 Å². The highest BCUT2D eigenvalue weighted by Gasteiger charge is 2.26. The molecule has 3 heterocycles. The average Bonchev–Trinajstić information content (AvgIpc) is 3.50. The van der Waals surface area contributed by atoms with Crippen LogP contribution in [0.5, 0.6) is 0 Å². The molecule has 0 atom stereocenters. The first-order valence-electron chi connectivity index (χ1n) is 8.88. The SMILES string of the molecule is O=C(c1ccc(S(=O)(=O)c2ccc(Cl)cc2)o1)N(Cc1ccco1)Cc1ccco1. The fraction of sp³-hybridized carbons (Fsp3) is 0.0952. The van der Waals surface area contributed by atoms with Crippen LogP contribution in [0.15, 0.2) is 96.4 Å². The molecule has 0 fully saturated rings. The van der Waals surface area contributed by atoms with Crippen LogP contribution < -0.4 is 0 Å². The normalized spacial score (nSPS) is 11.5. The second kappa shape index (κ2) is 8.25. The van der Waals surface area contributed by atoms with Gasteiger partial charge in [-0.2, -0.15) is 0 Å². The van der Waals surface area contributed by atoms with Crippen LogP contribution in [0.3, 0.4) is 0 Å². The molecule has 1 amide bonds. The fourth-order valence-electron chi connectivity index (χ4n) is 2.85. The summed E-state index contributed by atoms with van der Waals surface area (Å²) in [5.74, 6) is 0.520. The Morgan fingerprint density at radius 3 is 2.00 bits per heavy atom. The molecule has 0 bridgehead atoms. The van der Waals surface area contributed by atoms with Gasteiger partial charge in [-0.05, 0) is 60.7 Å². The molecule has 0 radical (unpaired) electrons. The van der Waals surface area contributed by atoms with Gasteiger partial charge in [0.15, 0.2) is 5.76 Å². The summed E-state index contributed by atoms with van der Waals surface area (Å²) < 4.78 is 41.7. The molecule has 0 saturated heterocycles. The van der Waals surface area contributed by atoms with Crippen LogP contribution in [0.25, 0.3) is 0 Å². The summed E-state index contributed by atoms with van der Waals surface area (Å²) >= 11 is 5.82. The van der Waals surface area contributed by atoms with Gasteiger partial charge in [-0.25, -0.2) is 8.42 Å². The predicted molar refractivity (Wildman–Crippen MR) is 107 cm³/mol. The second-order valence-corrected chi connectivity index (χ2v) is 8.71. The molecule has 0 aliphatic rings. The summed E-state index contributed by atoms with van der Waals surface area (Å²) in [6.45, 7) is 0.318. The van der Waals surface area contributed by atoms with Gasteiger partial charge in [0.05, 0.1) is 30.5 Å². The average molecular weight is 446 g/mol. The maximum Gasteiger partial charge on any atom is 0.290 e. The van der Waals surface area contributed by atoms with Crippen molar-refractivity contribution in [1.82, 2.24) is 4.90 Å². The lowest BCUT2D eigenvalue weighted by Gasteiger charge is -2.19. The standard InChI is InChI=1S/C21H16ClNO6S/c22-15-5-7-18(8-6-15)30(25,26)20-10-9-19(29-20)21(24)23(13-16-3-1-11-27-16)14-17-4-2-12-28-17/h1-12H,13-14H2. The minimum atomic E-state index is -3.93. The van der Waals surface area contributed by atoms with Gasteiger partial charge in [0, 0.05) is 5.02 Å². The summed E-state index contributed by atoms with van der Waals surface area (Å²) in [5.41, 5.74) is 0. The first kappa shape index (κ1) is 20.1. The Labute approximate surface area is 177 Å². The smallest absolute Gasteiger partial charge is 0.290 e. The molecule has 0 N–H and O–H groups in total. The van der Waals surface area contributed by atoms with E-state index in [1.54, 1.807) is 24.3 Å². The van der Waals surface area contributed by atoms with E-state index in [4.69, 9.17) is 24.9 Å². The Hall–Kier alpha value is -3.23. The molecule has 0 unspecified atom stereocenters. The van der Waals surface area contributed by atoms with Crippen molar-refractivity contribution in [2.24, 2.45) is 0 Å². The highest BCUT2D eigenvalue weighted by atomic mass is 35.5. The number of carbonyl (C=O) groups is 1. The Balaban J connectivity index is 1.61. The van der Waals surface area contributed by atoms with Crippen LogP contribution in [-0.2, 0) is 22.9 Å². The fourth-order valence-corrected chi connectivity index (χ4v) is 4.15. The highest BCUT2D eigenvalue weighted by Crippen LogP contribution is 2.25. The third-order valence-electron chi connectivity index (χ3n) is 4.32. The summed E-state index contributed by atoms with van der Waals surface area (Å²) in [6, 6.07) is 15.2. The number of carbonyl (C=O) groups excluding carboxylic acids is 1. The van der Waals surface area contributed by atoms with E-state index in [1.807, 2.05) is 0 Å². The Morgan fingerprint density at radius 1 is 0.867 bits per heavy atom. The zero-order valence-corrected chi connectivity index (χ0v) is 17.1. The van der Waals surface area contributed by atoms with Crippen molar-refractivity contribution in [3.05, 3.63) is 95.5 Å². The molecule has 0 saturated carbocycles. The highest BCUT2D eigenvalue weighted by molar-refractivity contribution is 7.91. The molecule has 4 rings (SSSR count). The van der Waals surface area contributed by atoms with Gasteiger partial charge in [0.25, 0.3) is 5.91 Å². The molecule has 4 aromatic rings. The summed E-state index contributed by atoms with van der Waals surface area (Å²) in [7, 11) is -3.93. The number of hydrogen-bond donors (Lipinski definition) is 0. The van der Waals surface area contributed by atoms with Gasteiger partial charge in [-0.3, -0.25) is 4.79 Å². The van der Waals surface area contributed by atoms with Crippen LogP contribution in [0.1, 0.15) is 22.1 Å². The zero-order valence-electron chi connectivity index (χ0n) is 15.5. The maximum atomic E-state index is 13.1. The van der Waals surface area contributed by atoms with Crippen molar-refractivity contribution >= 4 is 27.3 Å². The predicted octanol–water partition coefficient (Wildman–Crippen LogP) is 4.79. The van der Waals surface area contributed by atoms with E-state index >= 15 is 0 Å². The van der Waals surface area contributed by atoms with E-state index in [0.717, 1.165) is 0 Å². The number of furan rings is 3. The molecule has 3 aromatic heterocycles. The Kier molecular flexibility index (Phi) is 5.52. The van der Waals surface area contributed by atoms with Crippen LogP contribution >= 0.6 is 11.6 Å². The molecule has 0 aliphatic heterocycles. The molecule has 0 aliphatic carbocycles. The van der Waals surface area contributed by atoms with Gasteiger partial charge in [-0.15, -0.1) is 0 Å². The van der Waals surface area contributed by atoms with Gasteiger partial charge in [0.2, 0.25) is 14.9 Å². The van der Waals surface area contributed by atoms with Gasteiger partial charge in [0.1, 0.15) is 11.5 Å². The number of nitrogens with zero attached hydrogens (tertiary/aromatic N) is 1. The zero-order chi connectivity index (χ0) is 21.1. The number of rotatable bonds is 7. The molecular formula is C21H16ClNO6S. The van der Waals surface area contributed by atoms with E-state index in [9.17, 15) is 13.2 Å². The first-order chi connectivity index (χ1) is 14.4. The molecule has 9 heteroatoms. The Morgan fingerprint density at radius 2 is 1.47 bits per heavy atom. The largest absolute Gasteiger partial charge is 0.467 e. The summed E-state index contributed by atoms with van der Waals surface area (Å²) in [4.78, 5) is 14.5. The number of amides is 1. The molecule has 7 nitrogen and oxygen atoms in total.